The number of nitrogens with zero attached hydrogens (tertiary/aromatic N) is 1. The predicted octanol–water partition coefficient (Wildman–Crippen LogP) is 1.20. The molecule has 1 fully saturated rings. The minimum absolute atomic E-state index is 0.0888. The Morgan fingerprint density at radius 1 is 1.48 bits per heavy atom. The molecule has 0 aliphatic carbocycles. The Balaban J connectivity index is 2.03. The van der Waals surface area contributed by atoms with Crippen molar-refractivity contribution in [3.05, 3.63) is 28.8 Å². The van der Waals surface area contributed by atoms with Gasteiger partial charge in [0.25, 0.3) is 5.91 Å². The fraction of sp³-hybridized carbons (Fsp3) is 0.462. The van der Waals surface area contributed by atoms with E-state index in [1.54, 1.807) is 0 Å². The third-order valence-electron chi connectivity index (χ3n) is 3.40. The van der Waals surface area contributed by atoms with Crippen LogP contribution in [-0.2, 0) is 10.0 Å². The van der Waals surface area contributed by atoms with E-state index in [9.17, 15) is 18.3 Å². The first kappa shape index (κ1) is 16.1. The molecule has 1 aromatic carbocycles. The van der Waals surface area contributed by atoms with Crippen LogP contribution in [0.15, 0.2) is 18.2 Å². The van der Waals surface area contributed by atoms with E-state index in [1.165, 1.54) is 22.5 Å². The summed E-state index contributed by atoms with van der Waals surface area (Å²) in [6.07, 6.45) is 2.59. The normalized spacial score (nSPS) is 20.2. The van der Waals surface area contributed by atoms with E-state index in [4.69, 9.17) is 11.6 Å². The van der Waals surface area contributed by atoms with E-state index >= 15 is 0 Å². The van der Waals surface area contributed by atoms with Crippen LogP contribution in [0, 0.1) is 0 Å². The van der Waals surface area contributed by atoms with Crippen molar-refractivity contribution >= 4 is 27.5 Å². The van der Waals surface area contributed by atoms with Crippen LogP contribution in [0.1, 0.15) is 23.2 Å². The SMILES string of the molecule is CS(=O)(=O)N1CCCC(NC(=O)c2ccc(O)c(Cl)c2)C1. The Kier molecular flexibility index (Phi) is 4.75. The molecule has 116 valence electrons. The van der Waals surface area contributed by atoms with Gasteiger partial charge >= 0.3 is 0 Å². The fourth-order valence-corrected chi connectivity index (χ4v) is 3.37. The van der Waals surface area contributed by atoms with Gasteiger partial charge in [0.15, 0.2) is 0 Å². The molecule has 0 spiro atoms. The first-order valence-corrected chi connectivity index (χ1v) is 8.74. The van der Waals surface area contributed by atoms with Crippen molar-refractivity contribution in [2.45, 2.75) is 18.9 Å². The molecular formula is C13H17ClN2O4S. The van der Waals surface area contributed by atoms with E-state index < -0.39 is 10.0 Å². The monoisotopic (exact) mass is 332 g/mol. The number of amides is 1. The Bertz CT molecular complexity index is 648. The van der Waals surface area contributed by atoms with Crippen LogP contribution in [0.4, 0.5) is 0 Å². The molecule has 0 radical (unpaired) electrons. The number of hydrogen-bond donors (Lipinski definition) is 2. The first-order chi connectivity index (χ1) is 9.77. The molecule has 1 amide bonds. The Morgan fingerprint density at radius 3 is 2.81 bits per heavy atom. The molecular weight excluding hydrogens is 316 g/mol. The summed E-state index contributed by atoms with van der Waals surface area (Å²) in [6, 6.07) is 3.96. The van der Waals surface area contributed by atoms with E-state index in [1.807, 2.05) is 0 Å². The molecule has 21 heavy (non-hydrogen) atoms. The molecule has 1 unspecified atom stereocenters. The van der Waals surface area contributed by atoms with Crippen LogP contribution in [0.25, 0.3) is 0 Å². The number of carbonyl (C=O) groups is 1. The number of carbonyl (C=O) groups excluding carboxylic acids is 1. The van der Waals surface area contributed by atoms with Gasteiger partial charge in [-0.05, 0) is 31.0 Å². The van der Waals surface area contributed by atoms with Gasteiger partial charge in [-0.15, -0.1) is 0 Å². The quantitative estimate of drug-likeness (QED) is 0.870. The highest BCUT2D eigenvalue weighted by Crippen LogP contribution is 2.23. The van der Waals surface area contributed by atoms with Gasteiger partial charge in [-0.2, -0.15) is 0 Å². The molecule has 2 N–H and O–H groups in total. The third kappa shape index (κ3) is 4.09. The van der Waals surface area contributed by atoms with Gasteiger partial charge in [0.1, 0.15) is 5.75 Å². The summed E-state index contributed by atoms with van der Waals surface area (Å²) in [5.41, 5.74) is 0.328. The van der Waals surface area contributed by atoms with Crippen molar-refractivity contribution in [1.29, 1.82) is 0 Å². The molecule has 8 heteroatoms. The average molecular weight is 333 g/mol. The highest BCUT2D eigenvalue weighted by atomic mass is 35.5. The van der Waals surface area contributed by atoms with Crippen LogP contribution in [-0.4, -0.2) is 49.1 Å². The van der Waals surface area contributed by atoms with E-state index in [0.717, 1.165) is 12.7 Å². The summed E-state index contributed by atoms with van der Waals surface area (Å²) in [6.45, 7) is 0.757. The number of phenolic OH excluding ortho intramolecular Hbond substituents is 1. The first-order valence-electron chi connectivity index (χ1n) is 6.52. The lowest BCUT2D eigenvalue weighted by Crippen LogP contribution is -2.49. The lowest BCUT2D eigenvalue weighted by atomic mass is 10.1. The maximum atomic E-state index is 12.1. The number of sulfonamides is 1. The van der Waals surface area contributed by atoms with E-state index in [2.05, 4.69) is 5.32 Å². The average Bonchev–Trinajstić information content (AvgIpc) is 2.41. The van der Waals surface area contributed by atoms with Gasteiger partial charge < -0.3 is 10.4 Å². The summed E-state index contributed by atoms with van der Waals surface area (Å²) in [4.78, 5) is 12.1. The molecule has 1 aliphatic rings. The summed E-state index contributed by atoms with van der Waals surface area (Å²) in [7, 11) is -3.24. The highest BCUT2D eigenvalue weighted by Gasteiger charge is 2.27. The maximum Gasteiger partial charge on any atom is 0.251 e. The molecule has 1 atom stereocenters. The van der Waals surface area contributed by atoms with Gasteiger partial charge in [-0.25, -0.2) is 12.7 Å². The largest absolute Gasteiger partial charge is 0.506 e. The van der Waals surface area contributed by atoms with E-state index in [0.29, 0.717) is 18.5 Å². The summed E-state index contributed by atoms with van der Waals surface area (Å²) < 4.78 is 24.4. The van der Waals surface area contributed by atoms with Crippen LogP contribution >= 0.6 is 11.6 Å². The molecule has 1 aliphatic heterocycles. The van der Waals surface area contributed by atoms with Crippen molar-refractivity contribution in [3.63, 3.8) is 0 Å². The topological polar surface area (TPSA) is 86.7 Å². The van der Waals surface area contributed by atoms with Crippen LogP contribution in [0.2, 0.25) is 5.02 Å². The number of hydrogen-bond acceptors (Lipinski definition) is 4. The number of halogens is 1. The van der Waals surface area contributed by atoms with Crippen molar-refractivity contribution in [2.75, 3.05) is 19.3 Å². The second-order valence-corrected chi connectivity index (χ2v) is 7.49. The molecule has 0 aromatic heterocycles. The van der Waals surface area contributed by atoms with Crippen molar-refractivity contribution in [2.24, 2.45) is 0 Å². The predicted molar refractivity (Wildman–Crippen MR) is 80.0 cm³/mol. The molecule has 6 nitrogen and oxygen atoms in total. The van der Waals surface area contributed by atoms with Gasteiger partial charge in [0, 0.05) is 24.7 Å². The third-order valence-corrected chi connectivity index (χ3v) is 4.97. The molecule has 2 rings (SSSR count). The second kappa shape index (κ2) is 6.21. The highest BCUT2D eigenvalue weighted by molar-refractivity contribution is 7.88. The minimum Gasteiger partial charge on any atom is -0.506 e. The number of phenols is 1. The summed E-state index contributed by atoms with van der Waals surface area (Å²) in [5, 5.41) is 12.2. The lowest BCUT2D eigenvalue weighted by molar-refractivity contribution is 0.0921. The zero-order valence-electron chi connectivity index (χ0n) is 11.5. The zero-order valence-corrected chi connectivity index (χ0v) is 13.1. The number of nitrogens with one attached hydrogen (secondary N) is 1. The van der Waals surface area contributed by atoms with Crippen LogP contribution in [0.5, 0.6) is 5.75 Å². The van der Waals surface area contributed by atoms with Gasteiger partial charge in [-0.3, -0.25) is 4.79 Å². The molecule has 0 saturated carbocycles. The standard InChI is InChI=1S/C13H17ClN2O4S/c1-21(19,20)16-6-2-3-10(8-16)15-13(18)9-4-5-12(17)11(14)7-9/h4-5,7,10,17H,2-3,6,8H2,1H3,(H,15,18). The van der Waals surface area contributed by atoms with E-state index in [-0.39, 0.29) is 29.3 Å². The van der Waals surface area contributed by atoms with Gasteiger partial charge in [0.2, 0.25) is 10.0 Å². The van der Waals surface area contributed by atoms with Crippen molar-refractivity contribution < 1.29 is 18.3 Å². The molecule has 1 heterocycles. The van der Waals surface area contributed by atoms with Crippen LogP contribution in [0.3, 0.4) is 0 Å². The minimum atomic E-state index is -3.24. The molecule has 1 aromatic rings. The molecule has 0 bridgehead atoms. The Morgan fingerprint density at radius 2 is 2.19 bits per heavy atom. The number of benzene rings is 1. The lowest BCUT2D eigenvalue weighted by Gasteiger charge is -2.31. The molecule has 1 saturated heterocycles. The fourth-order valence-electron chi connectivity index (χ4n) is 2.28. The zero-order chi connectivity index (χ0) is 15.6. The Labute approximate surface area is 128 Å². The van der Waals surface area contributed by atoms with Gasteiger partial charge in [0.05, 0.1) is 11.3 Å². The Hall–Kier alpha value is -1.31. The maximum absolute atomic E-state index is 12.1. The number of aromatic hydroxyl groups is 1. The number of rotatable bonds is 3. The van der Waals surface area contributed by atoms with Crippen LogP contribution < -0.4 is 5.32 Å². The van der Waals surface area contributed by atoms with Crippen molar-refractivity contribution in [3.8, 4) is 5.75 Å². The summed E-state index contributed by atoms with van der Waals surface area (Å²) in [5.74, 6) is -0.425. The number of piperidine rings is 1. The van der Waals surface area contributed by atoms with Crippen molar-refractivity contribution in [1.82, 2.24) is 9.62 Å². The summed E-state index contributed by atoms with van der Waals surface area (Å²) >= 11 is 5.77. The second-order valence-electron chi connectivity index (χ2n) is 5.10. The smallest absolute Gasteiger partial charge is 0.251 e. The van der Waals surface area contributed by atoms with Gasteiger partial charge in [-0.1, -0.05) is 11.6 Å².